The normalized spacial score (nSPS) is 24.7. The average molecular weight is 240 g/mol. The van der Waals surface area contributed by atoms with E-state index >= 15 is 0 Å². The van der Waals surface area contributed by atoms with Gasteiger partial charge in [0.2, 0.25) is 0 Å². The van der Waals surface area contributed by atoms with Crippen molar-refractivity contribution in [3.8, 4) is 0 Å². The molecule has 1 N–H and O–H groups in total. The molecule has 1 saturated heterocycles. The third-order valence-corrected chi connectivity index (χ3v) is 3.28. The molecule has 16 heavy (non-hydrogen) atoms. The smallest absolute Gasteiger partial charge is 0.0751 e. The number of halogens is 1. The van der Waals surface area contributed by atoms with E-state index in [9.17, 15) is 0 Å². The van der Waals surface area contributed by atoms with E-state index < -0.39 is 0 Å². The summed E-state index contributed by atoms with van der Waals surface area (Å²) in [5.41, 5.74) is 2.18. The Balaban J connectivity index is 1.89. The monoisotopic (exact) mass is 239 g/mol. The lowest BCUT2D eigenvalue weighted by Crippen LogP contribution is -2.19. The van der Waals surface area contributed by atoms with Gasteiger partial charge in [0.05, 0.1) is 22.9 Å². The maximum atomic E-state index is 6.14. The van der Waals surface area contributed by atoms with Crippen molar-refractivity contribution in [3.63, 3.8) is 0 Å². The maximum Gasteiger partial charge on any atom is 0.0751 e. The predicted octanol–water partition coefficient (Wildman–Crippen LogP) is 3.63. The van der Waals surface area contributed by atoms with E-state index in [-0.39, 0.29) is 0 Å². The van der Waals surface area contributed by atoms with Gasteiger partial charge in [-0.05, 0) is 44.4 Å². The van der Waals surface area contributed by atoms with E-state index in [1.54, 1.807) is 0 Å². The number of ether oxygens (including phenoxy) is 1. The van der Waals surface area contributed by atoms with Crippen LogP contribution in [-0.4, -0.2) is 18.8 Å². The van der Waals surface area contributed by atoms with Gasteiger partial charge in [-0.15, -0.1) is 0 Å². The van der Waals surface area contributed by atoms with Gasteiger partial charge in [0.25, 0.3) is 0 Å². The standard InChI is InChI=1S/C13H18ClNO/c1-9-3-6-13(12(14)7-9)15-8-11-5-4-10(2)16-11/h3,6-7,10-11,15H,4-5,8H2,1-2H3. The van der Waals surface area contributed by atoms with Crippen molar-refractivity contribution in [3.05, 3.63) is 28.8 Å². The second kappa shape index (κ2) is 5.07. The van der Waals surface area contributed by atoms with Crippen LogP contribution >= 0.6 is 11.6 Å². The van der Waals surface area contributed by atoms with Crippen molar-refractivity contribution in [1.29, 1.82) is 0 Å². The molecular weight excluding hydrogens is 222 g/mol. The lowest BCUT2D eigenvalue weighted by atomic mass is 10.2. The first-order chi connectivity index (χ1) is 7.65. The minimum atomic E-state index is 0.326. The zero-order chi connectivity index (χ0) is 11.5. The fraction of sp³-hybridized carbons (Fsp3) is 0.538. The van der Waals surface area contributed by atoms with Crippen LogP contribution in [0.3, 0.4) is 0 Å². The molecule has 0 spiro atoms. The van der Waals surface area contributed by atoms with Gasteiger partial charge < -0.3 is 10.1 Å². The molecule has 0 aromatic heterocycles. The lowest BCUT2D eigenvalue weighted by molar-refractivity contribution is 0.0637. The molecule has 3 heteroatoms. The Morgan fingerprint density at radius 2 is 2.25 bits per heavy atom. The average Bonchev–Trinajstić information content (AvgIpc) is 2.63. The van der Waals surface area contributed by atoms with E-state index in [1.807, 2.05) is 19.1 Å². The Hall–Kier alpha value is -0.730. The summed E-state index contributed by atoms with van der Waals surface area (Å²) >= 11 is 6.14. The number of hydrogen-bond acceptors (Lipinski definition) is 2. The van der Waals surface area contributed by atoms with Crippen LogP contribution in [0.25, 0.3) is 0 Å². The van der Waals surface area contributed by atoms with Crippen molar-refractivity contribution in [2.75, 3.05) is 11.9 Å². The second-order valence-electron chi connectivity index (χ2n) is 4.51. The van der Waals surface area contributed by atoms with Crippen LogP contribution in [0.4, 0.5) is 5.69 Å². The van der Waals surface area contributed by atoms with Crippen LogP contribution in [0.15, 0.2) is 18.2 Å². The minimum absolute atomic E-state index is 0.326. The summed E-state index contributed by atoms with van der Waals surface area (Å²) in [6.45, 7) is 5.00. The molecule has 2 nitrogen and oxygen atoms in total. The number of benzene rings is 1. The molecule has 88 valence electrons. The summed E-state index contributed by atoms with van der Waals surface area (Å²) in [4.78, 5) is 0. The molecule has 0 bridgehead atoms. The zero-order valence-electron chi connectivity index (χ0n) is 9.79. The van der Waals surface area contributed by atoms with Crippen LogP contribution in [-0.2, 0) is 4.74 Å². The number of nitrogens with one attached hydrogen (secondary N) is 1. The van der Waals surface area contributed by atoms with E-state index in [0.29, 0.717) is 12.2 Å². The van der Waals surface area contributed by atoms with Gasteiger partial charge in [-0.3, -0.25) is 0 Å². The number of rotatable bonds is 3. The van der Waals surface area contributed by atoms with Crippen LogP contribution in [0.5, 0.6) is 0 Å². The molecule has 1 fully saturated rings. The highest BCUT2D eigenvalue weighted by atomic mass is 35.5. The summed E-state index contributed by atoms with van der Waals surface area (Å²) in [6, 6.07) is 6.06. The van der Waals surface area contributed by atoms with Gasteiger partial charge in [-0.1, -0.05) is 17.7 Å². The molecule has 1 aliphatic rings. The van der Waals surface area contributed by atoms with Crippen LogP contribution in [0.2, 0.25) is 5.02 Å². The molecule has 0 amide bonds. The predicted molar refractivity (Wildman–Crippen MR) is 68.2 cm³/mol. The van der Waals surface area contributed by atoms with Crippen molar-refractivity contribution in [1.82, 2.24) is 0 Å². The third kappa shape index (κ3) is 2.89. The van der Waals surface area contributed by atoms with E-state index in [2.05, 4.69) is 18.3 Å². The Kier molecular flexibility index (Phi) is 3.72. The van der Waals surface area contributed by atoms with Crippen molar-refractivity contribution in [2.45, 2.75) is 38.9 Å². The van der Waals surface area contributed by atoms with Crippen molar-refractivity contribution < 1.29 is 4.74 Å². The van der Waals surface area contributed by atoms with Gasteiger partial charge >= 0.3 is 0 Å². The Morgan fingerprint density at radius 3 is 2.88 bits per heavy atom. The van der Waals surface area contributed by atoms with Gasteiger partial charge in [-0.2, -0.15) is 0 Å². The Bertz CT molecular complexity index is 367. The molecule has 0 aliphatic carbocycles. The number of hydrogen-bond donors (Lipinski definition) is 1. The first-order valence-electron chi connectivity index (χ1n) is 5.80. The quantitative estimate of drug-likeness (QED) is 0.870. The Labute approximate surface area is 102 Å². The number of aryl methyl sites for hydroxylation is 1. The van der Waals surface area contributed by atoms with Crippen LogP contribution in [0, 0.1) is 6.92 Å². The second-order valence-corrected chi connectivity index (χ2v) is 4.92. The largest absolute Gasteiger partial charge is 0.381 e. The molecule has 1 aliphatic heterocycles. The van der Waals surface area contributed by atoms with E-state index in [4.69, 9.17) is 16.3 Å². The topological polar surface area (TPSA) is 21.3 Å². The minimum Gasteiger partial charge on any atom is -0.381 e. The first kappa shape index (κ1) is 11.7. The molecule has 2 unspecified atom stereocenters. The first-order valence-corrected chi connectivity index (χ1v) is 6.18. The van der Waals surface area contributed by atoms with E-state index in [0.717, 1.165) is 30.1 Å². The van der Waals surface area contributed by atoms with E-state index in [1.165, 1.54) is 5.56 Å². The molecule has 0 saturated carbocycles. The summed E-state index contributed by atoms with van der Waals surface area (Å²) in [7, 11) is 0. The lowest BCUT2D eigenvalue weighted by Gasteiger charge is -2.14. The SMILES string of the molecule is Cc1ccc(NCC2CCC(C)O2)c(Cl)c1. The molecule has 1 aromatic rings. The highest BCUT2D eigenvalue weighted by Gasteiger charge is 2.21. The number of anilines is 1. The van der Waals surface area contributed by atoms with Gasteiger partial charge in [0.15, 0.2) is 0 Å². The highest BCUT2D eigenvalue weighted by molar-refractivity contribution is 6.33. The summed E-state index contributed by atoms with van der Waals surface area (Å²) in [5.74, 6) is 0. The molecule has 2 rings (SSSR count). The zero-order valence-corrected chi connectivity index (χ0v) is 10.6. The molecule has 2 atom stereocenters. The summed E-state index contributed by atoms with van der Waals surface area (Å²) in [5, 5.41) is 4.13. The fourth-order valence-electron chi connectivity index (χ4n) is 2.02. The molecular formula is C13H18ClNO. The molecule has 1 heterocycles. The van der Waals surface area contributed by atoms with Gasteiger partial charge in [0, 0.05) is 6.54 Å². The van der Waals surface area contributed by atoms with Crippen LogP contribution in [0.1, 0.15) is 25.3 Å². The Morgan fingerprint density at radius 1 is 1.44 bits per heavy atom. The van der Waals surface area contributed by atoms with Crippen LogP contribution < -0.4 is 5.32 Å². The maximum absolute atomic E-state index is 6.14. The van der Waals surface area contributed by atoms with Gasteiger partial charge in [0.1, 0.15) is 0 Å². The summed E-state index contributed by atoms with van der Waals surface area (Å²) in [6.07, 6.45) is 3.03. The van der Waals surface area contributed by atoms with Gasteiger partial charge in [-0.25, -0.2) is 0 Å². The van der Waals surface area contributed by atoms with Crippen molar-refractivity contribution >= 4 is 17.3 Å². The fourth-order valence-corrected chi connectivity index (χ4v) is 2.32. The van der Waals surface area contributed by atoms with Crippen molar-refractivity contribution in [2.24, 2.45) is 0 Å². The summed E-state index contributed by atoms with van der Waals surface area (Å²) < 4.78 is 5.74. The molecule has 0 radical (unpaired) electrons. The third-order valence-electron chi connectivity index (χ3n) is 2.96. The highest BCUT2D eigenvalue weighted by Crippen LogP contribution is 2.24. The molecule has 1 aromatic carbocycles.